The first kappa shape index (κ1) is 10.4. The summed E-state index contributed by atoms with van der Waals surface area (Å²) in [5, 5.41) is 0.829. The lowest BCUT2D eigenvalue weighted by Crippen LogP contribution is -2.26. The quantitative estimate of drug-likeness (QED) is 0.808. The molecule has 0 aliphatic carbocycles. The van der Waals surface area contributed by atoms with Crippen LogP contribution in [0.1, 0.15) is 6.42 Å². The molecule has 1 aliphatic heterocycles. The molecule has 2 rings (SSSR count). The van der Waals surface area contributed by atoms with Crippen molar-refractivity contribution in [3.05, 3.63) is 12.3 Å². The van der Waals surface area contributed by atoms with Gasteiger partial charge in [0.15, 0.2) is 0 Å². The molecule has 1 unspecified atom stereocenters. The van der Waals surface area contributed by atoms with E-state index in [9.17, 15) is 4.79 Å². The number of hydrogen-bond donors (Lipinski definition) is 1. The predicted molar refractivity (Wildman–Crippen MR) is 60.7 cm³/mol. The van der Waals surface area contributed by atoms with Gasteiger partial charge in [-0.3, -0.25) is 9.69 Å². The van der Waals surface area contributed by atoms with E-state index in [1.807, 2.05) is 0 Å². The van der Waals surface area contributed by atoms with E-state index in [2.05, 4.69) is 25.9 Å². The highest BCUT2D eigenvalue weighted by atomic mass is 79.9. The van der Waals surface area contributed by atoms with Crippen molar-refractivity contribution in [1.29, 1.82) is 0 Å². The highest BCUT2D eigenvalue weighted by Gasteiger charge is 2.30. The van der Waals surface area contributed by atoms with Crippen LogP contribution in [0.3, 0.4) is 0 Å². The van der Waals surface area contributed by atoms with Gasteiger partial charge in [0.05, 0.1) is 0 Å². The number of carbonyl (C=O) groups is 1. The number of alkyl halides is 1. The van der Waals surface area contributed by atoms with Crippen molar-refractivity contribution >= 4 is 33.6 Å². The molecule has 1 aliphatic rings. The smallest absolute Gasteiger partial charge is 0.228 e. The molecule has 6 heteroatoms. The minimum absolute atomic E-state index is 0.0950. The fourth-order valence-electron chi connectivity index (χ4n) is 1.62. The molecule has 2 heterocycles. The number of aromatic nitrogens is 2. The summed E-state index contributed by atoms with van der Waals surface area (Å²) >= 11 is 3.38. The van der Waals surface area contributed by atoms with Gasteiger partial charge in [-0.1, -0.05) is 15.9 Å². The third kappa shape index (κ3) is 2.09. The first-order chi connectivity index (χ1) is 7.20. The SMILES string of the molecule is Nc1nccc(N2CC(CBr)CC2=O)n1. The van der Waals surface area contributed by atoms with Crippen LogP contribution >= 0.6 is 15.9 Å². The summed E-state index contributed by atoms with van der Waals surface area (Å²) in [5.41, 5.74) is 5.47. The van der Waals surface area contributed by atoms with Gasteiger partial charge < -0.3 is 5.73 Å². The molecule has 0 saturated carbocycles. The van der Waals surface area contributed by atoms with Gasteiger partial charge >= 0.3 is 0 Å². The Labute approximate surface area is 95.8 Å². The summed E-state index contributed by atoms with van der Waals surface area (Å²) in [6.45, 7) is 0.695. The summed E-state index contributed by atoms with van der Waals surface area (Å²) in [7, 11) is 0. The van der Waals surface area contributed by atoms with Gasteiger partial charge in [-0.15, -0.1) is 0 Å². The van der Waals surface area contributed by atoms with E-state index in [-0.39, 0.29) is 11.9 Å². The summed E-state index contributed by atoms with van der Waals surface area (Å²) in [6, 6.07) is 1.70. The topological polar surface area (TPSA) is 72.1 Å². The first-order valence-electron chi connectivity index (χ1n) is 4.65. The van der Waals surface area contributed by atoms with Crippen molar-refractivity contribution in [2.75, 3.05) is 22.5 Å². The van der Waals surface area contributed by atoms with Crippen molar-refractivity contribution in [1.82, 2.24) is 9.97 Å². The van der Waals surface area contributed by atoms with Crippen LogP contribution in [0, 0.1) is 5.92 Å². The zero-order valence-electron chi connectivity index (χ0n) is 8.06. The zero-order chi connectivity index (χ0) is 10.8. The van der Waals surface area contributed by atoms with Gasteiger partial charge in [-0.05, 0) is 12.0 Å². The molecular weight excluding hydrogens is 260 g/mol. The fraction of sp³-hybridized carbons (Fsp3) is 0.444. The van der Waals surface area contributed by atoms with Crippen LogP contribution in [0.25, 0.3) is 0 Å². The molecule has 1 amide bonds. The lowest BCUT2D eigenvalue weighted by atomic mass is 10.2. The average Bonchev–Trinajstić information content (AvgIpc) is 2.60. The Morgan fingerprint density at radius 3 is 3.07 bits per heavy atom. The van der Waals surface area contributed by atoms with E-state index in [1.54, 1.807) is 17.2 Å². The normalized spacial score (nSPS) is 21.0. The van der Waals surface area contributed by atoms with E-state index in [0.717, 1.165) is 5.33 Å². The fourth-order valence-corrected chi connectivity index (χ4v) is 2.05. The Morgan fingerprint density at radius 2 is 2.47 bits per heavy atom. The molecule has 1 aromatic rings. The summed E-state index contributed by atoms with van der Waals surface area (Å²) < 4.78 is 0. The van der Waals surface area contributed by atoms with E-state index >= 15 is 0 Å². The van der Waals surface area contributed by atoms with Gasteiger partial charge in [0.1, 0.15) is 5.82 Å². The van der Waals surface area contributed by atoms with Crippen molar-refractivity contribution in [2.24, 2.45) is 5.92 Å². The molecule has 0 spiro atoms. The Hall–Kier alpha value is -1.17. The number of nitrogen functional groups attached to an aromatic ring is 1. The third-order valence-corrected chi connectivity index (χ3v) is 3.28. The molecule has 1 fully saturated rings. The van der Waals surface area contributed by atoms with Crippen LogP contribution in [0.4, 0.5) is 11.8 Å². The monoisotopic (exact) mass is 270 g/mol. The number of nitrogens with two attached hydrogens (primary N) is 1. The van der Waals surface area contributed by atoms with E-state index in [4.69, 9.17) is 5.73 Å². The predicted octanol–water partition coefficient (Wildman–Crippen LogP) is 0.807. The Kier molecular flexibility index (Phi) is 2.86. The molecule has 0 bridgehead atoms. The molecule has 1 saturated heterocycles. The average molecular weight is 271 g/mol. The molecule has 1 aromatic heterocycles. The van der Waals surface area contributed by atoms with Gasteiger partial charge in [0, 0.05) is 24.5 Å². The van der Waals surface area contributed by atoms with Crippen LogP contribution in [-0.2, 0) is 4.79 Å². The Bertz CT molecular complexity index is 384. The molecule has 80 valence electrons. The lowest BCUT2D eigenvalue weighted by Gasteiger charge is -2.14. The zero-order valence-corrected chi connectivity index (χ0v) is 9.64. The number of carbonyl (C=O) groups excluding carboxylic acids is 1. The van der Waals surface area contributed by atoms with Crippen molar-refractivity contribution < 1.29 is 4.79 Å². The van der Waals surface area contributed by atoms with Gasteiger partial charge in [0.2, 0.25) is 11.9 Å². The maximum absolute atomic E-state index is 11.7. The van der Waals surface area contributed by atoms with E-state index < -0.39 is 0 Å². The van der Waals surface area contributed by atoms with E-state index in [0.29, 0.717) is 24.7 Å². The van der Waals surface area contributed by atoms with Crippen molar-refractivity contribution in [2.45, 2.75) is 6.42 Å². The maximum atomic E-state index is 11.7. The summed E-state index contributed by atoms with van der Waals surface area (Å²) in [5.74, 6) is 1.24. The summed E-state index contributed by atoms with van der Waals surface area (Å²) in [6.07, 6.45) is 2.13. The first-order valence-corrected chi connectivity index (χ1v) is 5.77. The van der Waals surface area contributed by atoms with Crippen LogP contribution in [0.15, 0.2) is 12.3 Å². The van der Waals surface area contributed by atoms with Gasteiger partial charge in [0.25, 0.3) is 0 Å². The number of halogens is 1. The molecule has 0 radical (unpaired) electrons. The maximum Gasteiger partial charge on any atom is 0.228 e. The molecule has 5 nitrogen and oxygen atoms in total. The second-order valence-electron chi connectivity index (χ2n) is 3.50. The molecular formula is C9H11BrN4O. The molecule has 0 aromatic carbocycles. The second kappa shape index (κ2) is 4.14. The van der Waals surface area contributed by atoms with Crippen molar-refractivity contribution in [3.63, 3.8) is 0 Å². The summed E-state index contributed by atoms with van der Waals surface area (Å²) in [4.78, 5) is 21.1. The number of amides is 1. The molecule has 2 N–H and O–H groups in total. The minimum atomic E-state index is 0.0950. The van der Waals surface area contributed by atoms with Crippen molar-refractivity contribution in [3.8, 4) is 0 Å². The van der Waals surface area contributed by atoms with Gasteiger partial charge in [-0.2, -0.15) is 4.98 Å². The van der Waals surface area contributed by atoms with Gasteiger partial charge in [-0.25, -0.2) is 4.98 Å². The largest absolute Gasteiger partial charge is 0.368 e. The second-order valence-corrected chi connectivity index (χ2v) is 4.15. The van der Waals surface area contributed by atoms with Crippen LogP contribution < -0.4 is 10.6 Å². The number of nitrogens with zero attached hydrogens (tertiary/aromatic N) is 3. The Morgan fingerprint density at radius 1 is 1.67 bits per heavy atom. The lowest BCUT2D eigenvalue weighted by molar-refractivity contribution is -0.117. The van der Waals surface area contributed by atoms with E-state index in [1.165, 1.54) is 0 Å². The molecule has 15 heavy (non-hydrogen) atoms. The highest BCUT2D eigenvalue weighted by molar-refractivity contribution is 9.09. The third-order valence-electron chi connectivity index (χ3n) is 2.36. The standard InChI is InChI=1S/C9H11BrN4O/c10-4-6-3-8(15)14(5-6)7-1-2-12-9(11)13-7/h1-2,6H,3-5H2,(H2,11,12,13). The number of rotatable bonds is 2. The van der Waals surface area contributed by atoms with Crippen LogP contribution in [-0.4, -0.2) is 27.7 Å². The number of anilines is 2. The minimum Gasteiger partial charge on any atom is -0.368 e. The Balaban J connectivity index is 2.21. The van der Waals surface area contributed by atoms with Crippen LogP contribution in [0.5, 0.6) is 0 Å². The number of hydrogen-bond acceptors (Lipinski definition) is 4. The van der Waals surface area contributed by atoms with Crippen LogP contribution in [0.2, 0.25) is 0 Å². The highest BCUT2D eigenvalue weighted by Crippen LogP contribution is 2.24. The molecule has 1 atom stereocenters.